The summed E-state index contributed by atoms with van der Waals surface area (Å²) in [5.41, 5.74) is 3.33. The first-order valence-corrected chi connectivity index (χ1v) is 6.63. The second-order valence-electron chi connectivity index (χ2n) is 5.98. The predicted octanol–water partition coefficient (Wildman–Crippen LogP) is 4.98. The summed E-state index contributed by atoms with van der Waals surface area (Å²) in [6.07, 6.45) is 0. The molecule has 20 heavy (non-hydrogen) atoms. The zero-order chi connectivity index (χ0) is 14.9. The van der Waals surface area contributed by atoms with E-state index in [9.17, 15) is 4.39 Å². The fraction of sp³-hybridized carbons (Fsp3) is 0.278. The van der Waals surface area contributed by atoms with Crippen molar-refractivity contribution < 1.29 is 9.13 Å². The summed E-state index contributed by atoms with van der Waals surface area (Å²) in [6, 6.07) is 10.7. The van der Waals surface area contributed by atoms with Crippen LogP contribution in [0.4, 0.5) is 4.39 Å². The highest BCUT2D eigenvalue weighted by atomic mass is 19.1. The van der Waals surface area contributed by atoms with E-state index in [1.54, 1.807) is 19.2 Å². The summed E-state index contributed by atoms with van der Waals surface area (Å²) < 4.78 is 19.4. The first-order chi connectivity index (χ1) is 9.32. The van der Waals surface area contributed by atoms with E-state index in [-0.39, 0.29) is 11.2 Å². The summed E-state index contributed by atoms with van der Waals surface area (Å²) >= 11 is 0. The van der Waals surface area contributed by atoms with Gasteiger partial charge in [0, 0.05) is 5.56 Å². The Morgan fingerprint density at radius 3 is 2.30 bits per heavy atom. The fourth-order valence-corrected chi connectivity index (χ4v) is 2.31. The molecular weight excluding hydrogens is 251 g/mol. The lowest BCUT2D eigenvalue weighted by Gasteiger charge is -2.24. The van der Waals surface area contributed by atoms with Crippen LogP contribution in [0, 0.1) is 12.7 Å². The number of hydrogen-bond acceptors (Lipinski definition) is 1. The van der Waals surface area contributed by atoms with Gasteiger partial charge >= 0.3 is 0 Å². The van der Waals surface area contributed by atoms with Gasteiger partial charge in [0.15, 0.2) is 0 Å². The van der Waals surface area contributed by atoms with E-state index >= 15 is 0 Å². The highest BCUT2D eigenvalue weighted by molar-refractivity contribution is 5.71. The van der Waals surface area contributed by atoms with Crippen molar-refractivity contribution in [2.75, 3.05) is 7.11 Å². The Balaban J connectivity index is 2.71. The van der Waals surface area contributed by atoms with Crippen molar-refractivity contribution in [2.45, 2.75) is 26.2 Å². The van der Waals surface area contributed by atoms with Crippen molar-refractivity contribution >= 4 is 0 Å². The minimum atomic E-state index is -0.248. The van der Waals surface area contributed by atoms with Gasteiger partial charge < -0.3 is 4.74 Å². The summed E-state index contributed by atoms with van der Waals surface area (Å²) in [5.74, 6) is 0.401. The Kier molecular flexibility index (Phi) is 3.85. The molecule has 2 rings (SSSR count). The van der Waals surface area contributed by atoms with Gasteiger partial charge in [0.05, 0.1) is 7.11 Å². The van der Waals surface area contributed by atoms with E-state index in [2.05, 4.69) is 27.7 Å². The smallest absolute Gasteiger partial charge is 0.131 e. The van der Waals surface area contributed by atoms with Crippen LogP contribution >= 0.6 is 0 Å². The molecule has 0 aliphatic heterocycles. The molecule has 0 heterocycles. The molecule has 0 amide bonds. The van der Waals surface area contributed by atoms with Crippen LogP contribution in [0.25, 0.3) is 11.1 Å². The summed E-state index contributed by atoms with van der Waals surface area (Å²) in [6.45, 7) is 10.3. The third kappa shape index (κ3) is 2.84. The Morgan fingerprint density at radius 2 is 1.70 bits per heavy atom. The number of ether oxygens (including phenoxy) is 1. The molecule has 0 aliphatic carbocycles. The Labute approximate surface area is 120 Å². The molecule has 1 nitrogen and oxygen atoms in total. The van der Waals surface area contributed by atoms with Crippen LogP contribution in [0.1, 0.15) is 31.9 Å². The van der Waals surface area contributed by atoms with E-state index in [0.29, 0.717) is 11.3 Å². The summed E-state index contributed by atoms with van der Waals surface area (Å²) in [7, 11) is 1.58. The molecule has 0 aromatic heterocycles. The Hall–Kier alpha value is -1.83. The van der Waals surface area contributed by atoms with Crippen molar-refractivity contribution in [3.63, 3.8) is 0 Å². The van der Waals surface area contributed by atoms with Crippen LogP contribution in [0.15, 0.2) is 36.4 Å². The van der Waals surface area contributed by atoms with Gasteiger partial charge in [0.2, 0.25) is 0 Å². The minimum absolute atomic E-state index is 0.0709. The molecule has 0 bridgehead atoms. The minimum Gasteiger partial charge on any atom is -0.497 e. The van der Waals surface area contributed by atoms with Crippen LogP contribution in [0.2, 0.25) is 0 Å². The maximum atomic E-state index is 14.2. The van der Waals surface area contributed by atoms with Gasteiger partial charge in [-0.05, 0) is 47.2 Å². The van der Waals surface area contributed by atoms with Crippen LogP contribution in [-0.2, 0) is 5.41 Å². The molecule has 2 aromatic carbocycles. The van der Waals surface area contributed by atoms with Crippen LogP contribution in [0.5, 0.6) is 5.75 Å². The zero-order valence-corrected chi connectivity index (χ0v) is 12.5. The van der Waals surface area contributed by atoms with E-state index in [1.165, 1.54) is 6.07 Å². The highest BCUT2D eigenvalue weighted by Crippen LogP contribution is 2.36. The van der Waals surface area contributed by atoms with Gasteiger partial charge in [-0.2, -0.15) is 0 Å². The van der Waals surface area contributed by atoms with E-state index in [1.807, 2.05) is 18.2 Å². The van der Waals surface area contributed by atoms with Gasteiger partial charge in [-0.25, -0.2) is 4.39 Å². The molecule has 2 aromatic rings. The lowest BCUT2D eigenvalue weighted by molar-refractivity contribution is 0.414. The molecule has 1 radical (unpaired) electrons. The second kappa shape index (κ2) is 5.28. The van der Waals surface area contributed by atoms with Crippen LogP contribution in [-0.4, -0.2) is 7.11 Å². The van der Waals surface area contributed by atoms with E-state index < -0.39 is 0 Å². The lowest BCUT2D eigenvalue weighted by Crippen LogP contribution is -2.13. The predicted molar refractivity (Wildman–Crippen MR) is 81.5 cm³/mol. The van der Waals surface area contributed by atoms with Crippen molar-refractivity contribution in [1.29, 1.82) is 0 Å². The number of hydrogen-bond donors (Lipinski definition) is 0. The summed E-state index contributed by atoms with van der Waals surface area (Å²) in [5, 5.41) is 0. The maximum Gasteiger partial charge on any atom is 0.131 e. The summed E-state index contributed by atoms with van der Waals surface area (Å²) in [4.78, 5) is 0. The maximum absolute atomic E-state index is 14.2. The number of methoxy groups -OCH3 is 1. The number of halogens is 1. The van der Waals surface area contributed by atoms with Crippen molar-refractivity contribution in [3.05, 3.63) is 60.3 Å². The largest absolute Gasteiger partial charge is 0.497 e. The quantitative estimate of drug-likeness (QED) is 0.748. The van der Waals surface area contributed by atoms with Gasteiger partial charge in [-0.15, -0.1) is 0 Å². The molecule has 0 spiro atoms. The number of rotatable bonds is 2. The highest BCUT2D eigenvalue weighted by Gasteiger charge is 2.20. The molecule has 0 atom stereocenters. The lowest BCUT2D eigenvalue weighted by atomic mass is 9.81. The molecule has 0 unspecified atom stereocenters. The first-order valence-electron chi connectivity index (χ1n) is 6.63. The molecule has 0 fully saturated rings. The fourth-order valence-electron chi connectivity index (χ4n) is 2.31. The molecule has 0 saturated carbocycles. The van der Waals surface area contributed by atoms with Crippen molar-refractivity contribution in [3.8, 4) is 16.9 Å². The van der Waals surface area contributed by atoms with Crippen molar-refractivity contribution in [2.24, 2.45) is 0 Å². The topological polar surface area (TPSA) is 9.23 Å². The molecular formula is C18H20FO. The molecule has 0 N–H and O–H groups in total. The SMILES string of the molecule is [CH2]c1ccc(C(C)(C)C)c(-c2cc(OC)ccc2F)c1. The third-order valence-electron chi connectivity index (χ3n) is 3.36. The first kappa shape index (κ1) is 14.6. The Bertz CT molecular complexity index is 624. The molecule has 0 saturated heterocycles. The molecule has 0 aliphatic rings. The standard InChI is InChI=1S/C18H20FO/c1-12-6-8-16(18(2,3)4)14(10-12)15-11-13(20-5)7-9-17(15)19/h6-11H,1H2,2-5H3. The van der Waals surface area contributed by atoms with Gasteiger partial charge in [-0.3, -0.25) is 0 Å². The van der Waals surface area contributed by atoms with Crippen LogP contribution < -0.4 is 4.74 Å². The van der Waals surface area contributed by atoms with Gasteiger partial charge in [0.25, 0.3) is 0 Å². The van der Waals surface area contributed by atoms with E-state index in [4.69, 9.17) is 4.74 Å². The Morgan fingerprint density at radius 1 is 1.00 bits per heavy atom. The van der Waals surface area contributed by atoms with Gasteiger partial charge in [0.1, 0.15) is 11.6 Å². The molecule has 105 valence electrons. The third-order valence-corrected chi connectivity index (χ3v) is 3.36. The average Bonchev–Trinajstić information content (AvgIpc) is 2.37. The normalized spacial score (nSPS) is 11.5. The number of benzene rings is 2. The van der Waals surface area contributed by atoms with Gasteiger partial charge in [-0.1, -0.05) is 39.0 Å². The monoisotopic (exact) mass is 271 g/mol. The zero-order valence-electron chi connectivity index (χ0n) is 12.5. The van der Waals surface area contributed by atoms with E-state index in [0.717, 1.165) is 16.7 Å². The average molecular weight is 271 g/mol. The molecule has 2 heteroatoms. The second-order valence-corrected chi connectivity index (χ2v) is 5.98. The van der Waals surface area contributed by atoms with Crippen LogP contribution in [0.3, 0.4) is 0 Å². The van der Waals surface area contributed by atoms with Crippen molar-refractivity contribution in [1.82, 2.24) is 0 Å².